The number of hydrogen-bond donors (Lipinski definition) is 2. The first-order valence-corrected chi connectivity index (χ1v) is 9.54. The highest BCUT2D eigenvalue weighted by atomic mass is 127. The van der Waals surface area contributed by atoms with Crippen LogP contribution < -0.4 is 15.4 Å². The molecule has 0 aliphatic carbocycles. The molecule has 0 unspecified atom stereocenters. The topological polar surface area (TPSA) is 58.1 Å². The highest BCUT2D eigenvalue weighted by Crippen LogP contribution is 2.13. The lowest BCUT2D eigenvalue weighted by molar-refractivity contribution is 0.129. The SMILES string of the molecule is CCCCOCCCNC(=NC)NCc1cccc(OCCN(C)C)c1.I. The number of aliphatic imine (C=N–C) groups is 1. The Morgan fingerprint density at radius 1 is 1.11 bits per heavy atom. The number of hydrogen-bond acceptors (Lipinski definition) is 4. The van der Waals surface area contributed by atoms with E-state index in [0.717, 1.165) is 50.9 Å². The van der Waals surface area contributed by atoms with Crippen molar-refractivity contribution in [2.24, 2.45) is 4.99 Å². The van der Waals surface area contributed by atoms with Crippen LogP contribution in [-0.2, 0) is 11.3 Å². The highest BCUT2D eigenvalue weighted by Gasteiger charge is 2.01. The van der Waals surface area contributed by atoms with Gasteiger partial charge in [-0.25, -0.2) is 0 Å². The summed E-state index contributed by atoms with van der Waals surface area (Å²) in [6.45, 7) is 6.96. The van der Waals surface area contributed by atoms with E-state index < -0.39 is 0 Å². The fourth-order valence-electron chi connectivity index (χ4n) is 2.23. The van der Waals surface area contributed by atoms with Crippen LogP contribution in [0.5, 0.6) is 5.75 Å². The van der Waals surface area contributed by atoms with Crippen LogP contribution in [0.15, 0.2) is 29.3 Å². The third-order valence-corrected chi connectivity index (χ3v) is 3.79. The zero-order chi connectivity index (χ0) is 19.0. The number of nitrogens with one attached hydrogen (secondary N) is 2. The van der Waals surface area contributed by atoms with Gasteiger partial charge in [-0.1, -0.05) is 25.5 Å². The number of likely N-dealkylation sites (N-methyl/N-ethyl adjacent to an activating group) is 1. The van der Waals surface area contributed by atoms with E-state index in [1.165, 1.54) is 12.0 Å². The molecule has 7 heteroatoms. The van der Waals surface area contributed by atoms with Crippen molar-refractivity contribution < 1.29 is 9.47 Å². The Morgan fingerprint density at radius 2 is 1.89 bits per heavy atom. The maximum atomic E-state index is 5.78. The maximum Gasteiger partial charge on any atom is 0.191 e. The molecule has 0 amide bonds. The van der Waals surface area contributed by atoms with Gasteiger partial charge in [0.15, 0.2) is 5.96 Å². The van der Waals surface area contributed by atoms with Crippen molar-refractivity contribution in [2.75, 3.05) is 54.1 Å². The molecule has 6 nitrogen and oxygen atoms in total. The molecular formula is C20H37IN4O2. The van der Waals surface area contributed by atoms with Crippen molar-refractivity contribution in [1.29, 1.82) is 0 Å². The summed E-state index contributed by atoms with van der Waals surface area (Å²) < 4.78 is 11.3. The molecule has 0 aromatic heterocycles. The minimum Gasteiger partial charge on any atom is -0.492 e. The fraction of sp³-hybridized carbons (Fsp3) is 0.650. The first kappa shape index (κ1) is 25.9. The van der Waals surface area contributed by atoms with Crippen LogP contribution in [0.3, 0.4) is 0 Å². The predicted octanol–water partition coefficient (Wildman–Crippen LogP) is 3.12. The molecule has 1 aromatic rings. The lowest BCUT2D eigenvalue weighted by Crippen LogP contribution is -2.37. The Bertz CT molecular complexity index is 513. The fourth-order valence-corrected chi connectivity index (χ4v) is 2.23. The van der Waals surface area contributed by atoms with Crippen molar-refractivity contribution in [3.05, 3.63) is 29.8 Å². The molecule has 27 heavy (non-hydrogen) atoms. The summed E-state index contributed by atoms with van der Waals surface area (Å²) in [7, 11) is 5.87. The number of benzene rings is 1. The van der Waals surface area contributed by atoms with Gasteiger partial charge < -0.3 is 25.0 Å². The van der Waals surface area contributed by atoms with Gasteiger partial charge in [0.1, 0.15) is 12.4 Å². The molecular weight excluding hydrogens is 455 g/mol. The van der Waals surface area contributed by atoms with Crippen LogP contribution in [0.1, 0.15) is 31.7 Å². The monoisotopic (exact) mass is 492 g/mol. The third-order valence-electron chi connectivity index (χ3n) is 3.79. The normalized spacial score (nSPS) is 11.2. The van der Waals surface area contributed by atoms with Gasteiger partial charge in [0, 0.05) is 39.9 Å². The van der Waals surface area contributed by atoms with Crippen LogP contribution >= 0.6 is 24.0 Å². The van der Waals surface area contributed by atoms with E-state index in [1.807, 2.05) is 26.2 Å². The predicted molar refractivity (Wildman–Crippen MR) is 124 cm³/mol. The van der Waals surface area contributed by atoms with Gasteiger partial charge in [0.25, 0.3) is 0 Å². The van der Waals surface area contributed by atoms with E-state index in [4.69, 9.17) is 9.47 Å². The second-order valence-electron chi connectivity index (χ2n) is 6.47. The standard InChI is InChI=1S/C20H36N4O2.HI/c1-5-6-13-25-14-8-11-22-20(21-2)23-17-18-9-7-10-19(16-18)26-15-12-24(3)4;/h7,9-10,16H,5-6,8,11-15,17H2,1-4H3,(H2,21,22,23);1H. The number of rotatable bonds is 13. The highest BCUT2D eigenvalue weighted by molar-refractivity contribution is 14.0. The average Bonchev–Trinajstić information content (AvgIpc) is 2.63. The molecule has 0 radical (unpaired) electrons. The Morgan fingerprint density at radius 3 is 2.59 bits per heavy atom. The molecule has 0 fully saturated rings. The van der Waals surface area contributed by atoms with Gasteiger partial charge in [-0.15, -0.1) is 24.0 Å². The summed E-state index contributed by atoms with van der Waals surface area (Å²) in [6, 6.07) is 8.16. The minimum atomic E-state index is 0. The van der Waals surface area contributed by atoms with Crippen molar-refractivity contribution in [3.8, 4) is 5.75 Å². The Hall–Kier alpha value is -1.06. The number of halogens is 1. The molecule has 0 saturated carbocycles. The van der Waals surface area contributed by atoms with E-state index >= 15 is 0 Å². The summed E-state index contributed by atoms with van der Waals surface area (Å²) in [5.41, 5.74) is 1.17. The van der Waals surface area contributed by atoms with E-state index in [1.54, 1.807) is 7.05 Å². The van der Waals surface area contributed by atoms with E-state index in [9.17, 15) is 0 Å². The Kier molecular flexibility index (Phi) is 16.4. The number of ether oxygens (including phenoxy) is 2. The van der Waals surface area contributed by atoms with Crippen LogP contribution in [0, 0.1) is 0 Å². The largest absolute Gasteiger partial charge is 0.492 e. The summed E-state index contributed by atoms with van der Waals surface area (Å²) >= 11 is 0. The third kappa shape index (κ3) is 13.7. The second-order valence-corrected chi connectivity index (χ2v) is 6.47. The first-order valence-electron chi connectivity index (χ1n) is 9.54. The number of guanidine groups is 1. The molecule has 0 aliphatic rings. The molecule has 0 saturated heterocycles. The summed E-state index contributed by atoms with van der Waals surface area (Å²) in [5.74, 6) is 1.70. The van der Waals surface area contributed by atoms with E-state index in [2.05, 4.69) is 39.6 Å². The Balaban J connectivity index is 0.00000676. The minimum absolute atomic E-state index is 0. The summed E-state index contributed by atoms with van der Waals surface area (Å²) in [6.07, 6.45) is 3.28. The van der Waals surface area contributed by atoms with Crippen LogP contribution in [-0.4, -0.2) is 64.9 Å². The number of unbranched alkanes of at least 4 members (excludes halogenated alkanes) is 1. The molecule has 0 bridgehead atoms. The number of nitrogens with zero attached hydrogens (tertiary/aromatic N) is 2. The van der Waals surface area contributed by atoms with Crippen LogP contribution in [0.25, 0.3) is 0 Å². The lowest BCUT2D eigenvalue weighted by Gasteiger charge is -2.14. The van der Waals surface area contributed by atoms with Crippen molar-refractivity contribution >= 4 is 29.9 Å². The van der Waals surface area contributed by atoms with Crippen molar-refractivity contribution in [3.63, 3.8) is 0 Å². The van der Waals surface area contributed by atoms with Gasteiger partial charge in [0.2, 0.25) is 0 Å². The Labute approximate surface area is 182 Å². The van der Waals surface area contributed by atoms with Crippen molar-refractivity contribution in [1.82, 2.24) is 15.5 Å². The van der Waals surface area contributed by atoms with Gasteiger partial charge in [0.05, 0.1) is 0 Å². The second kappa shape index (κ2) is 17.1. The van der Waals surface area contributed by atoms with Crippen LogP contribution in [0.2, 0.25) is 0 Å². The van der Waals surface area contributed by atoms with Crippen LogP contribution in [0.4, 0.5) is 0 Å². The smallest absolute Gasteiger partial charge is 0.191 e. The van der Waals surface area contributed by atoms with Crippen molar-refractivity contribution in [2.45, 2.75) is 32.7 Å². The molecule has 0 spiro atoms. The summed E-state index contributed by atoms with van der Waals surface area (Å²) in [4.78, 5) is 6.37. The van der Waals surface area contributed by atoms with Gasteiger partial charge in [-0.2, -0.15) is 0 Å². The first-order chi connectivity index (χ1) is 12.7. The van der Waals surface area contributed by atoms with E-state index in [-0.39, 0.29) is 24.0 Å². The maximum absolute atomic E-state index is 5.78. The molecule has 1 aromatic carbocycles. The zero-order valence-corrected chi connectivity index (χ0v) is 19.6. The van der Waals surface area contributed by atoms with Gasteiger partial charge in [-0.05, 0) is 44.6 Å². The molecule has 2 N–H and O–H groups in total. The quantitative estimate of drug-likeness (QED) is 0.192. The molecule has 0 aliphatic heterocycles. The summed E-state index contributed by atoms with van der Waals surface area (Å²) in [5, 5.41) is 6.65. The zero-order valence-electron chi connectivity index (χ0n) is 17.3. The molecule has 0 atom stereocenters. The van der Waals surface area contributed by atoms with E-state index in [0.29, 0.717) is 13.2 Å². The molecule has 1 rings (SSSR count). The molecule has 156 valence electrons. The average molecular weight is 492 g/mol. The molecule has 0 heterocycles. The van der Waals surface area contributed by atoms with Gasteiger partial charge >= 0.3 is 0 Å². The van der Waals surface area contributed by atoms with Gasteiger partial charge in [-0.3, -0.25) is 4.99 Å². The lowest BCUT2D eigenvalue weighted by atomic mass is 10.2.